The number of rotatable bonds is 4. The van der Waals surface area contributed by atoms with Gasteiger partial charge in [0.2, 0.25) is 0 Å². The first-order valence-electron chi connectivity index (χ1n) is 8.41. The fourth-order valence-electron chi connectivity index (χ4n) is 4.13. The van der Waals surface area contributed by atoms with Crippen molar-refractivity contribution in [3.8, 4) is 0 Å². The lowest BCUT2D eigenvalue weighted by molar-refractivity contribution is 0.100. The zero-order valence-electron chi connectivity index (χ0n) is 12.9. The molecule has 0 radical (unpaired) electrons. The first-order chi connectivity index (χ1) is 10.9. The maximum atomic E-state index is 5.91. The third-order valence-corrected chi connectivity index (χ3v) is 7.92. The van der Waals surface area contributed by atoms with Gasteiger partial charge in [-0.1, -0.05) is 60.7 Å². The van der Waals surface area contributed by atoms with Crippen LogP contribution in [0, 0.1) is 11.8 Å². The molecule has 1 aliphatic heterocycles. The number of fused-ring (bicyclic) bond motifs is 1. The van der Waals surface area contributed by atoms with Crippen LogP contribution in [0.4, 0.5) is 0 Å². The summed E-state index contributed by atoms with van der Waals surface area (Å²) in [6.45, 7) is 0.987. The first-order valence-corrected chi connectivity index (χ1v) is 9.94. The van der Waals surface area contributed by atoms with E-state index in [0.717, 1.165) is 18.4 Å². The van der Waals surface area contributed by atoms with Crippen LogP contribution in [0.3, 0.4) is 0 Å². The number of ether oxygens (including phenoxy) is 1. The van der Waals surface area contributed by atoms with Crippen molar-refractivity contribution in [1.82, 2.24) is 0 Å². The smallest absolute Gasteiger partial charge is 0.0607 e. The second-order valence-electron chi connectivity index (χ2n) is 6.48. The van der Waals surface area contributed by atoms with Gasteiger partial charge in [-0.25, -0.2) is 0 Å². The highest BCUT2D eigenvalue weighted by Gasteiger charge is 2.41. The Morgan fingerprint density at radius 3 is 2.09 bits per heavy atom. The lowest BCUT2D eigenvalue weighted by Gasteiger charge is -2.25. The van der Waals surface area contributed by atoms with E-state index in [1.807, 2.05) is 0 Å². The largest absolute Gasteiger partial charge is 0.378 e. The van der Waals surface area contributed by atoms with Gasteiger partial charge in [0.25, 0.3) is 0 Å². The molecule has 2 aliphatic rings. The molecule has 0 spiro atoms. The van der Waals surface area contributed by atoms with E-state index in [4.69, 9.17) is 4.74 Å². The lowest BCUT2D eigenvalue weighted by Crippen LogP contribution is -2.22. The van der Waals surface area contributed by atoms with E-state index in [0.29, 0.717) is 6.10 Å². The molecule has 114 valence electrons. The fourth-order valence-corrected chi connectivity index (χ4v) is 6.84. The van der Waals surface area contributed by atoms with Crippen molar-refractivity contribution >= 4 is 18.5 Å². The summed E-state index contributed by atoms with van der Waals surface area (Å²) in [4.78, 5) is 0. The zero-order chi connectivity index (χ0) is 14.8. The van der Waals surface area contributed by atoms with Crippen molar-refractivity contribution in [1.29, 1.82) is 0 Å². The summed E-state index contributed by atoms with van der Waals surface area (Å²) < 4.78 is 5.91. The van der Waals surface area contributed by atoms with E-state index in [1.165, 1.54) is 36.0 Å². The molecule has 22 heavy (non-hydrogen) atoms. The second kappa shape index (κ2) is 6.52. The minimum Gasteiger partial charge on any atom is -0.378 e. The summed E-state index contributed by atoms with van der Waals surface area (Å²) in [5.74, 6) is 1.66. The molecule has 2 heteroatoms. The monoisotopic (exact) mass is 310 g/mol. The molecule has 1 saturated heterocycles. The van der Waals surface area contributed by atoms with Gasteiger partial charge in [-0.15, -0.1) is 0 Å². The summed E-state index contributed by atoms with van der Waals surface area (Å²) in [6, 6.07) is 22.2. The number of hydrogen-bond acceptors (Lipinski definition) is 1. The number of hydrogen-bond donors (Lipinski definition) is 0. The van der Waals surface area contributed by atoms with Crippen LogP contribution < -0.4 is 10.6 Å². The molecule has 2 fully saturated rings. The Bertz CT molecular complexity index is 558. The van der Waals surface area contributed by atoms with Crippen LogP contribution in [0.25, 0.3) is 0 Å². The van der Waals surface area contributed by atoms with Crippen molar-refractivity contribution in [2.75, 3.05) is 12.8 Å². The number of benzene rings is 2. The molecule has 2 aromatic carbocycles. The Labute approximate surface area is 134 Å². The third kappa shape index (κ3) is 2.85. The molecule has 0 N–H and O–H groups in total. The van der Waals surface area contributed by atoms with Crippen LogP contribution in [0.2, 0.25) is 0 Å². The second-order valence-corrected chi connectivity index (χ2v) is 8.73. The SMILES string of the molecule is c1ccc(P(C[C@@H]2CC[C@H]3OCC[C@@H]23)c2ccccc2)cc1. The van der Waals surface area contributed by atoms with Crippen molar-refractivity contribution in [2.24, 2.45) is 11.8 Å². The minimum absolute atomic E-state index is 0.241. The average Bonchev–Trinajstić information content (AvgIpc) is 3.18. The Kier molecular flexibility index (Phi) is 4.28. The van der Waals surface area contributed by atoms with Gasteiger partial charge in [0.05, 0.1) is 6.10 Å². The summed E-state index contributed by atoms with van der Waals surface area (Å²) >= 11 is 0. The van der Waals surface area contributed by atoms with Crippen LogP contribution in [0.15, 0.2) is 60.7 Å². The highest BCUT2D eigenvalue weighted by Crippen LogP contribution is 2.47. The van der Waals surface area contributed by atoms with E-state index in [2.05, 4.69) is 60.7 Å². The molecular formula is C20H23OP. The molecule has 3 atom stereocenters. The first kappa shape index (κ1) is 14.4. The molecule has 0 bridgehead atoms. The Morgan fingerprint density at radius 1 is 0.818 bits per heavy atom. The van der Waals surface area contributed by atoms with Crippen LogP contribution >= 0.6 is 7.92 Å². The van der Waals surface area contributed by atoms with E-state index in [9.17, 15) is 0 Å². The topological polar surface area (TPSA) is 9.23 Å². The molecule has 1 aliphatic carbocycles. The van der Waals surface area contributed by atoms with Gasteiger partial charge < -0.3 is 4.74 Å². The van der Waals surface area contributed by atoms with Gasteiger partial charge in [0, 0.05) is 6.61 Å². The molecular weight excluding hydrogens is 287 g/mol. The van der Waals surface area contributed by atoms with Crippen LogP contribution in [-0.2, 0) is 4.74 Å². The molecule has 1 heterocycles. The standard InChI is InChI=1S/C20H23OP/c1-3-7-17(8-4-1)22(18-9-5-2-6-10-18)15-16-11-12-20-19(16)13-14-21-20/h1-10,16,19-20H,11-15H2/t16-,19-,20+/m0/s1. The van der Waals surface area contributed by atoms with Gasteiger partial charge in [-0.05, 0) is 55.8 Å². The fraction of sp³-hybridized carbons (Fsp3) is 0.400. The quantitative estimate of drug-likeness (QED) is 0.777. The van der Waals surface area contributed by atoms with E-state index in [-0.39, 0.29) is 7.92 Å². The predicted octanol–water partition coefficient (Wildman–Crippen LogP) is 3.93. The average molecular weight is 310 g/mol. The van der Waals surface area contributed by atoms with Gasteiger partial charge in [-0.3, -0.25) is 0 Å². The van der Waals surface area contributed by atoms with Gasteiger partial charge in [0.1, 0.15) is 0 Å². The van der Waals surface area contributed by atoms with Crippen molar-refractivity contribution in [3.05, 3.63) is 60.7 Å². The van der Waals surface area contributed by atoms with Crippen LogP contribution in [-0.4, -0.2) is 18.9 Å². The summed E-state index contributed by atoms with van der Waals surface area (Å²) in [6.07, 6.45) is 5.81. The highest BCUT2D eigenvalue weighted by atomic mass is 31.1. The normalized spacial score (nSPS) is 27.2. The Balaban J connectivity index is 1.61. The van der Waals surface area contributed by atoms with Crippen LogP contribution in [0.5, 0.6) is 0 Å². The molecule has 2 aromatic rings. The summed E-state index contributed by atoms with van der Waals surface area (Å²) in [5.41, 5.74) is 0. The predicted molar refractivity (Wildman–Crippen MR) is 94.5 cm³/mol. The molecule has 1 nitrogen and oxygen atoms in total. The molecule has 0 aromatic heterocycles. The van der Waals surface area contributed by atoms with Gasteiger partial charge in [0.15, 0.2) is 0 Å². The van der Waals surface area contributed by atoms with E-state index < -0.39 is 0 Å². The Hall–Kier alpha value is -1.17. The van der Waals surface area contributed by atoms with Crippen LogP contribution in [0.1, 0.15) is 19.3 Å². The van der Waals surface area contributed by atoms with Crippen molar-refractivity contribution < 1.29 is 4.74 Å². The van der Waals surface area contributed by atoms with Gasteiger partial charge >= 0.3 is 0 Å². The molecule has 4 rings (SSSR count). The van der Waals surface area contributed by atoms with E-state index >= 15 is 0 Å². The highest BCUT2D eigenvalue weighted by molar-refractivity contribution is 7.73. The van der Waals surface area contributed by atoms with Crippen molar-refractivity contribution in [2.45, 2.75) is 25.4 Å². The molecule has 1 saturated carbocycles. The summed E-state index contributed by atoms with van der Waals surface area (Å²) in [5, 5.41) is 3.04. The molecule has 0 unspecified atom stereocenters. The lowest BCUT2D eigenvalue weighted by atomic mass is 9.95. The maximum Gasteiger partial charge on any atom is 0.0607 e. The minimum atomic E-state index is -0.241. The zero-order valence-corrected chi connectivity index (χ0v) is 13.8. The van der Waals surface area contributed by atoms with E-state index in [1.54, 1.807) is 0 Å². The summed E-state index contributed by atoms with van der Waals surface area (Å²) in [7, 11) is -0.241. The molecule has 0 amide bonds. The van der Waals surface area contributed by atoms with Crippen molar-refractivity contribution in [3.63, 3.8) is 0 Å². The maximum absolute atomic E-state index is 5.91. The third-order valence-electron chi connectivity index (χ3n) is 5.24. The van der Waals surface area contributed by atoms with Gasteiger partial charge in [-0.2, -0.15) is 0 Å². The Morgan fingerprint density at radius 2 is 1.45 bits per heavy atom.